The molecule has 2 heteroatoms. The Hall–Kier alpha value is -0.0800. The SMILES string of the molecule is CCCCCCC(C)NCCC(O)CC. The maximum atomic E-state index is 9.38. The van der Waals surface area contributed by atoms with Gasteiger partial charge in [0.15, 0.2) is 0 Å². The monoisotopic (exact) mass is 215 g/mol. The van der Waals surface area contributed by atoms with Gasteiger partial charge in [0.2, 0.25) is 0 Å². The molecule has 0 aromatic rings. The first-order valence-corrected chi connectivity index (χ1v) is 6.62. The van der Waals surface area contributed by atoms with Gasteiger partial charge in [0.05, 0.1) is 6.10 Å². The van der Waals surface area contributed by atoms with Crippen LogP contribution >= 0.6 is 0 Å². The highest BCUT2D eigenvalue weighted by molar-refractivity contribution is 4.63. The fourth-order valence-electron chi connectivity index (χ4n) is 1.68. The van der Waals surface area contributed by atoms with Crippen molar-refractivity contribution in [1.82, 2.24) is 5.32 Å². The Labute approximate surface area is 95.5 Å². The molecule has 2 N–H and O–H groups in total. The van der Waals surface area contributed by atoms with Gasteiger partial charge in [-0.05, 0) is 32.7 Å². The number of hydrogen-bond acceptors (Lipinski definition) is 2. The summed E-state index contributed by atoms with van der Waals surface area (Å²) in [6, 6.07) is 0.603. The van der Waals surface area contributed by atoms with Crippen LogP contribution in [-0.4, -0.2) is 23.8 Å². The number of nitrogens with one attached hydrogen (secondary N) is 1. The minimum Gasteiger partial charge on any atom is -0.393 e. The maximum absolute atomic E-state index is 9.38. The van der Waals surface area contributed by atoms with E-state index in [0.29, 0.717) is 6.04 Å². The first-order valence-electron chi connectivity index (χ1n) is 6.62. The van der Waals surface area contributed by atoms with Gasteiger partial charge in [-0.1, -0.05) is 39.5 Å². The Morgan fingerprint density at radius 2 is 1.80 bits per heavy atom. The summed E-state index contributed by atoms with van der Waals surface area (Å²) in [5.41, 5.74) is 0. The third-order valence-corrected chi connectivity index (χ3v) is 2.93. The summed E-state index contributed by atoms with van der Waals surface area (Å²) < 4.78 is 0. The molecule has 2 nitrogen and oxygen atoms in total. The van der Waals surface area contributed by atoms with Gasteiger partial charge in [-0.2, -0.15) is 0 Å². The van der Waals surface area contributed by atoms with Crippen LogP contribution in [-0.2, 0) is 0 Å². The Kier molecular flexibility index (Phi) is 10.4. The predicted octanol–water partition coefficient (Wildman–Crippen LogP) is 3.10. The van der Waals surface area contributed by atoms with E-state index in [4.69, 9.17) is 0 Å². The molecule has 15 heavy (non-hydrogen) atoms. The van der Waals surface area contributed by atoms with Crippen molar-refractivity contribution < 1.29 is 5.11 Å². The summed E-state index contributed by atoms with van der Waals surface area (Å²) in [6.45, 7) is 7.46. The second-order valence-corrected chi connectivity index (χ2v) is 4.56. The van der Waals surface area contributed by atoms with Crippen molar-refractivity contribution in [1.29, 1.82) is 0 Å². The molecule has 0 heterocycles. The molecule has 2 atom stereocenters. The van der Waals surface area contributed by atoms with Crippen molar-refractivity contribution in [3.05, 3.63) is 0 Å². The summed E-state index contributed by atoms with van der Waals surface area (Å²) in [5.74, 6) is 0. The van der Waals surface area contributed by atoms with E-state index in [2.05, 4.69) is 19.2 Å². The summed E-state index contributed by atoms with van der Waals surface area (Å²) in [6.07, 6.45) is 8.26. The summed E-state index contributed by atoms with van der Waals surface area (Å²) >= 11 is 0. The van der Waals surface area contributed by atoms with Gasteiger partial charge in [0.1, 0.15) is 0 Å². The molecule has 0 saturated heterocycles. The van der Waals surface area contributed by atoms with E-state index < -0.39 is 0 Å². The minimum absolute atomic E-state index is 0.121. The van der Waals surface area contributed by atoms with Crippen LogP contribution in [0.1, 0.15) is 65.7 Å². The molecule has 92 valence electrons. The molecule has 0 fully saturated rings. The van der Waals surface area contributed by atoms with E-state index in [9.17, 15) is 5.11 Å². The van der Waals surface area contributed by atoms with E-state index in [1.807, 2.05) is 6.92 Å². The largest absolute Gasteiger partial charge is 0.393 e. The third kappa shape index (κ3) is 10.2. The lowest BCUT2D eigenvalue weighted by Gasteiger charge is -2.15. The lowest BCUT2D eigenvalue weighted by molar-refractivity contribution is 0.158. The van der Waals surface area contributed by atoms with Crippen LogP contribution in [0.3, 0.4) is 0 Å². The van der Waals surface area contributed by atoms with Crippen molar-refractivity contribution in [2.45, 2.75) is 77.9 Å². The molecule has 0 spiro atoms. The van der Waals surface area contributed by atoms with Crippen molar-refractivity contribution in [3.8, 4) is 0 Å². The topological polar surface area (TPSA) is 32.3 Å². The van der Waals surface area contributed by atoms with E-state index in [-0.39, 0.29) is 6.10 Å². The number of unbranched alkanes of at least 4 members (excludes halogenated alkanes) is 3. The third-order valence-electron chi connectivity index (χ3n) is 2.93. The Balaban J connectivity index is 3.21. The predicted molar refractivity (Wildman–Crippen MR) is 67.1 cm³/mol. The quantitative estimate of drug-likeness (QED) is 0.549. The summed E-state index contributed by atoms with van der Waals surface area (Å²) in [7, 11) is 0. The highest BCUT2D eigenvalue weighted by Crippen LogP contribution is 2.05. The Morgan fingerprint density at radius 3 is 2.40 bits per heavy atom. The van der Waals surface area contributed by atoms with Crippen LogP contribution < -0.4 is 5.32 Å². The van der Waals surface area contributed by atoms with E-state index in [1.54, 1.807) is 0 Å². The average Bonchev–Trinajstić information content (AvgIpc) is 2.24. The van der Waals surface area contributed by atoms with Crippen LogP contribution in [0, 0.1) is 0 Å². The second-order valence-electron chi connectivity index (χ2n) is 4.56. The lowest BCUT2D eigenvalue weighted by Crippen LogP contribution is -2.29. The zero-order valence-corrected chi connectivity index (χ0v) is 10.8. The van der Waals surface area contributed by atoms with Crippen LogP contribution in [0.5, 0.6) is 0 Å². The molecule has 0 rings (SSSR count). The number of aliphatic hydroxyl groups excluding tert-OH is 1. The molecular formula is C13H29NO. The van der Waals surface area contributed by atoms with Crippen LogP contribution in [0.25, 0.3) is 0 Å². The summed E-state index contributed by atoms with van der Waals surface area (Å²) in [4.78, 5) is 0. The van der Waals surface area contributed by atoms with Crippen LogP contribution in [0.15, 0.2) is 0 Å². The van der Waals surface area contributed by atoms with Gasteiger partial charge in [-0.3, -0.25) is 0 Å². The van der Waals surface area contributed by atoms with E-state index in [0.717, 1.165) is 19.4 Å². The van der Waals surface area contributed by atoms with E-state index in [1.165, 1.54) is 32.1 Å². The van der Waals surface area contributed by atoms with Crippen molar-refractivity contribution in [3.63, 3.8) is 0 Å². The molecule has 0 radical (unpaired) electrons. The number of hydrogen-bond donors (Lipinski definition) is 2. The van der Waals surface area contributed by atoms with Gasteiger partial charge < -0.3 is 10.4 Å². The highest BCUT2D eigenvalue weighted by atomic mass is 16.3. The van der Waals surface area contributed by atoms with E-state index >= 15 is 0 Å². The molecule has 0 aliphatic rings. The van der Waals surface area contributed by atoms with Gasteiger partial charge in [0.25, 0.3) is 0 Å². The molecule has 0 saturated carbocycles. The fraction of sp³-hybridized carbons (Fsp3) is 1.00. The standard InChI is InChI=1S/C13H29NO/c1-4-6-7-8-9-12(3)14-11-10-13(15)5-2/h12-15H,4-11H2,1-3H3. The molecule has 2 unspecified atom stereocenters. The molecule has 0 aliphatic carbocycles. The molecular weight excluding hydrogens is 186 g/mol. The molecule has 0 aromatic heterocycles. The summed E-state index contributed by atoms with van der Waals surface area (Å²) in [5, 5.41) is 12.8. The van der Waals surface area contributed by atoms with Crippen LogP contribution in [0.2, 0.25) is 0 Å². The molecule has 0 aromatic carbocycles. The number of rotatable bonds is 10. The Morgan fingerprint density at radius 1 is 1.07 bits per heavy atom. The van der Waals surface area contributed by atoms with Crippen molar-refractivity contribution in [2.24, 2.45) is 0 Å². The average molecular weight is 215 g/mol. The first kappa shape index (κ1) is 14.9. The van der Waals surface area contributed by atoms with Gasteiger partial charge in [-0.15, -0.1) is 0 Å². The van der Waals surface area contributed by atoms with Gasteiger partial charge in [-0.25, -0.2) is 0 Å². The smallest absolute Gasteiger partial charge is 0.0549 e. The zero-order valence-electron chi connectivity index (χ0n) is 10.8. The lowest BCUT2D eigenvalue weighted by atomic mass is 10.1. The zero-order chi connectivity index (χ0) is 11.5. The Bertz CT molecular complexity index is 128. The minimum atomic E-state index is -0.121. The maximum Gasteiger partial charge on any atom is 0.0549 e. The molecule has 0 aliphatic heterocycles. The normalized spacial score (nSPS) is 15.2. The van der Waals surface area contributed by atoms with Gasteiger partial charge >= 0.3 is 0 Å². The number of aliphatic hydroxyl groups is 1. The first-order chi connectivity index (χ1) is 7.20. The van der Waals surface area contributed by atoms with Gasteiger partial charge in [0, 0.05) is 6.04 Å². The highest BCUT2D eigenvalue weighted by Gasteiger charge is 2.03. The fourth-order valence-corrected chi connectivity index (χ4v) is 1.68. The van der Waals surface area contributed by atoms with Crippen molar-refractivity contribution >= 4 is 0 Å². The second kappa shape index (κ2) is 10.4. The molecule has 0 bridgehead atoms. The molecule has 0 amide bonds. The van der Waals surface area contributed by atoms with Crippen molar-refractivity contribution in [2.75, 3.05) is 6.54 Å². The van der Waals surface area contributed by atoms with Crippen LogP contribution in [0.4, 0.5) is 0 Å².